The van der Waals surface area contributed by atoms with E-state index in [9.17, 15) is 4.79 Å². The first kappa shape index (κ1) is 18.3. The van der Waals surface area contributed by atoms with E-state index in [0.717, 1.165) is 61.1 Å². The van der Waals surface area contributed by atoms with Gasteiger partial charge in [0.15, 0.2) is 0 Å². The lowest BCUT2D eigenvalue weighted by Gasteiger charge is -2.07. The van der Waals surface area contributed by atoms with Crippen molar-refractivity contribution >= 4 is 29.0 Å². The van der Waals surface area contributed by atoms with Gasteiger partial charge in [-0.25, -0.2) is 4.98 Å². The molecule has 0 aliphatic rings. The lowest BCUT2D eigenvalue weighted by atomic mass is 10.1. The fraction of sp³-hybridized carbons (Fsp3) is 0.300. The van der Waals surface area contributed by atoms with Crippen molar-refractivity contribution in [3.8, 4) is 11.4 Å². The number of nitrogens with one attached hydrogen (secondary N) is 1. The van der Waals surface area contributed by atoms with E-state index < -0.39 is 0 Å². The number of fused-ring (bicyclic) bond motifs is 1. The summed E-state index contributed by atoms with van der Waals surface area (Å²) in [5.41, 5.74) is 2.97. The molecule has 0 atom stereocenters. The van der Waals surface area contributed by atoms with Gasteiger partial charge in [-0.2, -0.15) is 0 Å². The van der Waals surface area contributed by atoms with Gasteiger partial charge in [0, 0.05) is 30.4 Å². The number of rotatable bonds is 9. The quantitative estimate of drug-likeness (QED) is 0.454. The van der Waals surface area contributed by atoms with Gasteiger partial charge in [0.25, 0.3) is 0 Å². The molecule has 2 aromatic heterocycles. The molecule has 3 rings (SSSR count). The monoisotopic (exact) mass is 371 g/mol. The van der Waals surface area contributed by atoms with Gasteiger partial charge in [-0.1, -0.05) is 24.1 Å². The number of carbonyl (C=O) groups is 1. The summed E-state index contributed by atoms with van der Waals surface area (Å²) in [5, 5.41) is 4.32. The molecule has 2 heterocycles. The van der Waals surface area contributed by atoms with Crippen molar-refractivity contribution in [1.82, 2.24) is 14.9 Å². The van der Waals surface area contributed by atoms with Gasteiger partial charge in [-0.15, -0.1) is 0 Å². The summed E-state index contributed by atoms with van der Waals surface area (Å²) >= 11 is 6.46. The van der Waals surface area contributed by atoms with Gasteiger partial charge in [-0.3, -0.25) is 9.36 Å². The number of pyridine rings is 1. The van der Waals surface area contributed by atoms with E-state index in [-0.39, 0.29) is 0 Å². The van der Waals surface area contributed by atoms with Crippen LogP contribution in [-0.2, 0) is 11.2 Å². The van der Waals surface area contributed by atoms with Crippen LogP contribution in [0.1, 0.15) is 24.8 Å². The molecule has 5 nitrogen and oxygen atoms in total. The summed E-state index contributed by atoms with van der Waals surface area (Å²) < 4.78 is 7.28. The van der Waals surface area contributed by atoms with Gasteiger partial charge in [0.1, 0.15) is 11.4 Å². The molecule has 1 N–H and O–H groups in total. The number of benzene rings is 1. The molecule has 3 aromatic rings. The molecule has 0 unspecified atom stereocenters. The molecule has 0 fully saturated rings. The average molecular weight is 372 g/mol. The van der Waals surface area contributed by atoms with Gasteiger partial charge in [0.2, 0.25) is 6.41 Å². The number of nitrogens with zero attached hydrogens (tertiary/aromatic N) is 2. The minimum absolute atomic E-state index is 0.687. The van der Waals surface area contributed by atoms with E-state index in [1.807, 2.05) is 41.2 Å². The highest BCUT2D eigenvalue weighted by molar-refractivity contribution is 6.35. The molecule has 1 aromatic carbocycles. The summed E-state index contributed by atoms with van der Waals surface area (Å²) in [6.07, 6.45) is 8.61. The molecule has 1 amide bonds. The maximum absolute atomic E-state index is 10.2. The van der Waals surface area contributed by atoms with E-state index in [2.05, 4.69) is 16.4 Å². The summed E-state index contributed by atoms with van der Waals surface area (Å²) in [6, 6.07) is 9.93. The lowest BCUT2D eigenvalue weighted by molar-refractivity contribution is -0.109. The summed E-state index contributed by atoms with van der Waals surface area (Å²) in [7, 11) is 1.65. The van der Waals surface area contributed by atoms with Crippen LogP contribution in [0.3, 0.4) is 0 Å². The second-order valence-electron chi connectivity index (χ2n) is 6.15. The van der Waals surface area contributed by atoms with Crippen molar-refractivity contribution < 1.29 is 9.53 Å². The average Bonchev–Trinajstić information content (AvgIpc) is 3.01. The molecule has 0 aliphatic heterocycles. The van der Waals surface area contributed by atoms with Crippen LogP contribution in [0, 0.1) is 0 Å². The Labute approximate surface area is 157 Å². The normalized spacial score (nSPS) is 10.8. The maximum Gasteiger partial charge on any atom is 0.207 e. The van der Waals surface area contributed by atoms with Gasteiger partial charge in [0.05, 0.1) is 17.8 Å². The van der Waals surface area contributed by atoms with Crippen LogP contribution in [0.25, 0.3) is 16.7 Å². The smallest absolute Gasteiger partial charge is 0.207 e. The third-order valence-electron chi connectivity index (χ3n) is 4.35. The summed E-state index contributed by atoms with van der Waals surface area (Å²) in [5.74, 6) is 0.793. The first-order valence-electron chi connectivity index (χ1n) is 8.70. The number of ether oxygens (including phenoxy) is 1. The maximum atomic E-state index is 10.2. The molecule has 0 bridgehead atoms. The van der Waals surface area contributed by atoms with Crippen LogP contribution in [-0.4, -0.2) is 29.6 Å². The molecular weight excluding hydrogens is 350 g/mol. The molecule has 26 heavy (non-hydrogen) atoms. The Kier molecular flexibility index (Phi) is 6.12. The zero-order valence-electron chi connectivity index (χ0n) is 14.7. The summed E-state index contributed by atoms with van der Waals surface area (Å²) in [4.78, 5) is 14.9. The highest BCUT2D eigenvalue weighted by atomic mass is 35.5. The highest BCUT2D eigenvalue weighted by Crippen LogP contribution is 2.29. The minimum atomic E-state index is 0.687. The van der Waals surface area contributed by atoms with Crippen molar-refractivity contribution in [2.75, 3.05) is 13.7 Å². The minimum Gasteiger partial charge on any atom is -0.497 e. The van der Waals surface area contributed by atoms with E-state index in [0.29, 0.717) is 5.02 Å². The van der Waals surface area contributed by atoms with Gasteiger partial charge >= 0.3 is 0 Å². The number of unbranched alkanes of at least 4 members (excludes halogenated alkanes) is 2. The number of carbonyl (C=O) groups excluding carboxylic acids is 1. The second-order valence-corrected chi connectivity index (χ2v) is 6.55. The Bertz CT molecular complexity index is 892. The first-order chi connectivity index (χ1) is 12.7. The topological polar surface area (TPSA) is 56.1 Å². The number of amides is 1. The highest BCUT2D eigenvalue weighted by Gasteiger charge is 2.11. The number of halogens is 1. The molecule has 0 saturated heterocycles. The SMILES string of the molecule is COc1cccc(-n2cc(Cl)c3cc(CCCCCNC=O)cnc32)c1. The molecule has 6 heteroatoms. The number of methoxy groups -OCH3 is 1. The van der Waals surface area contributed by atoms with E-state index in [1.165, 1.54) is 5.56 Å². The van der Waals surface area contributed by atoms with Crippen LogP contribution in [0.4, 0.5) is 0 Å². The largest absolute Gasteiger partial charge is 0.497 e. The Balaban J connectivity index is 1.76. The fourth-order valence-electron chi connectivity index (χ4n) is 3.00. The van der Waals surface area contributed by atoms with Crippen molar-refractivity contribution in [3.63, 3.8) is 0 Å². The first-order valence-corrected chi connectivity index (χ1v) is 9.07. The number of aromatic nitrogens is 2. The Hall–Kier alpha value is -2.53. The zero-order valence-corrected chi connectivity index (χ0v) is 15.5. The summed E-state index contributed by atoms with van der Waals surface area (Å²) in [6.45, 7) is 0.732. The molecular formula is C20H22ClN3O2. The zero-order chi connectivity index (χ0) is 18.4. The Morgan fingerprint density at radius 1 is 1.27 bits per heavy atom. The third-order valence-corrected chi connectivity index (χ3v) is 4.65. The van der Waals surface area contributed by atoms with Crippen LogP contribution < -0.4 is 10.1 Å². The second kappa shape index (κ2) is 8.72. The number of hydrogen-bond donors (Lipinski definition) is 1. The Morgan fingerprint density at radius 2 is 2.15 bits per heavy atom. The number of hydrogen-bond acceptors (Lipinski definition) is 3. The standard InChI is InChI=1S/C20H22ClN3O2/c1-26-17-8-5-7-16(11-17)24-13-19(21)18-10-15(12-23-20(18)24)6-3-2-4-9-22-14-25/h5,7-8,10-14H,2-4,6,9H2,1H3,(H,22,25). The predicted molar refractivity (Wildman–Crippen MR) is 104 cm³/mol. The van der Waals surface area contributed by atoms with Crippen LogP contribution in [0.15, 0.2) is 42.7 Å². The Morgan fingerprint density at radius 3 is 2.96 bits per heavy atom. The van der Waals surface area contributed by atoms with Crippen molar-refractivity contribution in [2.24, 2.45) is 0 Å². The van der Waals surface area contributed by atoms with Crippen LogP contribution >= 0.6 is 11.6 Å². The molecule has 0 saturated carbocycles. The van der Waals surface area contributed by atoms with Crippen molar-refractivity contribution in [3.05, 3.63) is 53.3 Å². The van der Waals surface area contributed by atoms with Crippen molar-refractivity contribution in [2.45, 2.75) is 25.7 Å². The third kappa shape index (κ3) is 4.17. The van der Waals surface area contributed by atoms with Gasteiger partial charge in [-0.05, 0) is 43.0 Å². The predicted octanol–water partition coefficient (Wildman–Crippen LogP) is 4.15. The molecule has 0 radical (unpaired) electrons. The molecule has 0 aliphatic carbocycles. The van der Waals surface area contributed by atoms with E-state index in [4.69, 9.17) is 16.3 Å². The van der Waals surface area contributed by atoms with Crippen molar-refractivity contribution in [1.29, 1.82) is 0 Å². The van der Waals surface area contributed by atoms with Gasteiger partial charge < -0.3 is 10.1 Å². The molecule has 136 valence electrons. The number of aryl methyl sites for hydroxylation is 1. The van der Waals surface area contributed by atoms with E-state index in [1.54, 1.807) is 7.11 Å². The fourth-order valence-corrected chi connectivity index (χ4v) is 3.23. The van der Waals surface area contributed by atoms with Crippen LogP contribution in [0.5, 0.6) is 5.75 Å². The lowest BCUT2D eigenvalue weighted by Crippen LogP contribution is -2.11. The van der Waals surface area contributed by atoms with E-state index >= 15 is 0 Å². The van der Waals surface area contributed by atoms with Crippen LogP contribution in [0.2, 0.25) is 5.02 Å². The molecule has 0 spiro atoms.